The van der Waals surface area contributed by atoms with Crippen molar-refractivity contribution in [3.8, 4) is 5.75 Å². The average molecular weight is 380 g/mol. The smallest absolute Gasteiger partial charge is 0.276 e. The molecule has 0 radical (unpaired) electrons. The summed E-state index contributed by atoms with van der Waals surface area (Å²) in [5.41, 5.74) is 1.25. The molecule has 0 fully saturated rings. The van der Waals surface area contributed by atoms with Gasteiger partial charge in [-0.05, 0) is 36.6 Å². The Bertz CT molecular complexity index is 1180. The molecule has 0 bridgehead atoms. The fourth-order valence-electron chi connectivity index (χ4n) is 3.13. The number of ether oxygens (including phenoxy) is 1. The topological polar surface area (TPSA) is 84.8 Å². The number of hydrazone groups is 1. The fraction of sp³-hybridized carbons (Fsp3) is 0.100. The molecule has 136 valence electrons. The van der Waals surface area contributed by atoms with Gasteiger partial charge < -0.3 is 4.74 Å². The number of hydrogen-bond donors (Lipinski definition) is 1. The Balaban J connectivity index is 1.67. The summed E-state index contributed by atoms with van der Waals surface area (Å²) in [6.45, 7) is 2.34. The molecule has 7 heteroatoms. The number of hydrogen-bond acceptors (Lipinski definition) is 5. The van der Waals surface area contributed by atoms with Gasteiger partial charge in [-0.3, -0.25) is 4.79 Å². The molecule has 0 saturated carbocycles. The molecule has 1 aliphatic carbocycles. The Morgan fingerprint density at radius 2 is 1.63 bits per heavy atom. The van der Waals surface area contributed by atoms with Crippen LogP contribution in [-0.2, 0) is 10.0 Å². The van der Waals surface area contributed by atoms with E-state index in [9.17, 15) is 13.2 Å². The van der Waals surface area contributed by atoms with Crippen LogP contribution in [0.2, 0.25) is 0 Å². The lowest BCUT2D eigenvalue weighted by atomic mass is 10.1. The van der Waals surface area contributed by atoms with Crippen LogP contribution in [0.1, 0.15) is 22.8 Å². The molecule has 1 N–H and O–H groups in total. The highest BCUT2D eigenvalue weighted by Crippen LogP contribution is 2.31. The van der Waals surface area contributed by atoms with Gasteiger partial charge in [0.1, 0.15) is 11.5 Å². The van der Waals surface area contributed by atoms with Crippen molar-refractivity contribution >= 4 is 32.3 Å². The van der Waals surface area contributed by atoms with Gasteiger partial charge in [-0.15, -0.1) is 0 Å². The molecule has 3 aromatic carbocycles. The maximum absolute atomic E-state index is 12.7. The molecule has 27 heavy (non-hydrogen) atoms. The van der Waals surface area contributed by atoms with Gasteiger partial charge in [0.25, 0.3) is 10.0 Å². The van der Waals surface area contributed by atoms with Gasteiger partial charge in [-0.2, -0.15) is 18.4 Å². The maximum atomic E-state index is 12.7. The normalized spacial score (nSPS) is 14.7. The summed E-state index contributed by atoms with van der Waals surface area (Å²) in [6, 6.07) is 16.9. The molecule has 0 heterocycles. The number of sulfonamides is 1. The van der Waals surface area contributed by atoms with E-state index < -0.39 is 10.0 Å². The fourth-order valence-corrected chi connectivity index (χ4v) is 3.94. The van der Waals surface area contributed by atoms with Crippen LogP contribution >= 0.6 is 0 Å². The minimum Gasteiger partial charge on any atom is -0.494 e. The van der Waals surface area contributed by atoms with E-state index in [1.54, 1.807) is 30.3 Å². The highest BCUT2D eigenvalue weighted by molar-refractivity contribution is 7.89. The van der Waals surface area contributed by atoms with E-state index in [0.29, 0.717) is 23.5 Å². The number of carbonyl (C=O) groups is 1. The second-order valence-electron chi connectivity index (χ2n) is 6.00. The van der Waals surface area contributed by atoms with Crippen molar-refractivity contribution in [2.45, 2.75) is 11.8 Å². The number of rotatable bonds is 5. The molecule has 0 aliphatic heterocycles. The zero-order valence-electron chi connectivity index (χ0n) is 14.5. The van der Waals surface area contributed by atoms with Crippen molar-refractivity contribution in [3.63, 3.8) is 0 Å². The number of Topliss-reactive ketones (excluding diaryl/α,β-unsaturated/α-hetero) is 1. The Morgan fingerprint density at radius 3 is 2.30 bits per heavy atom. The predicted molar refractivity (Wildman–Crippen MR) is 103 cm³/mol. The van der Waals surface area contributed by atoms with Gasteiger partial charge in [0.05, 0.1) is 11.5 Å². The summed E-state index contributed by atoms with van der Waals surface area (Å²) in [7, 11) is -3.90. The Kier molecular flexibility index (Phi) is 4.16. The van der Waals surface area contributed by atoms with Gasteiger partial charge >= 0.3 is 0 Å². The molecule has 0 amide bonds. The lowest BCUT2D eigenvalue weighted by Crippen LogP contribution is -2.22. The van der Waals surface area contributed by atoms with Crippen LogP contribution in [0.4, 0.5) is 0 Å². The third-order valence-electron chi connectivity index (χ3n) is 4.34. The first-order chi connectivity index (χ1) is 13.0. The quantitative estimate of drug-likeness (QED) is 0.689. The minimum atomic E-state index is -3.90. The van der Waals surface area contributed by atoms with Crippen molar-refractivity contribution in [1.82, 2.24) is 4.83 Å². The first-order valence-electron chi connectivity index (χ1n) is 8.40. The van der Waals surface area contributed by atoms with E-state index >= 15 is 0 Å². The molecule has 6 nitrogen and oxygen atoms in total. The van der Waals surface area contributed by atoms with E-state index in [4.69, 9.17) is 4.74 Å². The van der Waals surface area contributed by atoms with Gasteiger partial charge in [-0.25, -0.2) is 0 Å². The highest BCUT2D eigenvalue weighted by Gasteiger charge is 2.29. The van der Waals surface area contributed by atoms with Crippen molar-refractivity contribution in [3.05, 3.63) is 71.8 Å². The second-order valence-corrected chi connectivity index (χ2v) is 7.66. The second kappa shape index (κ2) is 6.51. The molecule has 0 spiro atoms. The zero-order valence-corrected chi connectivity index (χ0v) is 15.3. The summed E-state index contributed by atoms with van der Waals surface area (Å²) in [4.78, 5) is 14.9. The monoisotopic (exact) mass is 380 g/mol. The number of nitrogens with one attached hydrogen (secondary N) is 1. The molecule has 4 rings (SSSR count). The van der Waals surface area contributed by atoms with Crippen LogP contribution in [0.25, 0.3) is 10.8 Å². The van der Waals surface area contributed by atoms with Crippen molar-refractivity contribution in [2.24, 2.45) is 5.10 Å². The first kappa shape index (κ1) is 17.2. The molecule has 3 aromatic rings. The van der Waals surface area contributed by atoms with Crippen molar-refractivity contribution in [1.29, 1.82) is 0 Å². The number of nitrogens with zero attached hydrogens (tertiary/aromatic N) is 1. The number of benzene rings is 3. The van der Waals surface area contributed by atoms with Crippen LogP contribution < -0.4 is 9.57 Å². The van der Waals surface area contributed by atoms with Crippen molar-refractivity contribution in [2.75, 3.05) is 6.61 Å². The average Bonchev–Trinajstić information content (AvgIpc) is 2.95. The molecule has 0 atom stereocenters. The summed E-state index contributed by atoms with van der Waals surface area (Å²) < 4.78 is 30.3. The lowest BCUT2D eigenvalue weighted by molar-refractivity contribution is 0.107. The van der Waals surface area contributed by atoms with E-state index in [1.165, 1.54) is 12.1 Å². The molecule has 0 saturated heterocycles. The lowest BCUT2D eigenvalue weighted by Gasteiger charge is -2.06. The van der Waals surface area contributed by atoms with Gasteiger partial charge in [0.2, 0.25) is 5.78 Å². The van der Waals surface area contributed by atoms with Crippen LogP contribution in [-0.4, -0.2) is 26.5 Å². The predicted octanol–water partition coefficient (Wildman–Crippen LogP) is 3.12. The maximum Gasteiger partial charge on any atom is 0.276 e. The summed E-state index contributed by atoms with van der Waals surface area (Å²) in [6.07, 6.45) is 0. The van der Waals surface area contributed by atoms with E-state index in [2.05, 4.69) is 9.93 Å². The third kappa shape index (κ3) is 2.96. The van der Waals surface area contributed by atoms with E-state index in [0.717, 1.165) is 10.8 Å². The van der Waals surface area contributed by atoms with Crippen molar-refractivity contribution < 1.29 is 17.9 Å². The van der Waals surface area contributed by atoms with Gasteiger partial charge in [-0.1, -0.05) is 36.4 Å². The van der Waals surface area contributed by atoms with Crippen LogP contribution in [0.5, 0.6) is 5.75 Å². The molecule has 0 aromatic heterocycles. The summed E-state index contributed by atoms with van der Waals surface area (Å²) in [5, 5.41) is 5.66. The number of ketones is 1. The standard InChI is InChI=1S/C20H16N2O4S/c1-2-26-14-9-11-15(12-10-14)27(24,25)22-21-19-16-7-3-5-13-6-4-8-17(18(13)16)20(19)23/h3-12,22H,2H2,1H3/b21-19-. The Hall–Kier alpha value is -3.19. The molecule has 0 unspecified atom stereocenters. The minimum absolute atomic E-state index is 0.0384. The zero-order chi connectivity index (χ0) is 19.0. The molecular formula is C20H16N2O4S. The highest BCUT2D eigenvalue weighted by atomic mass is 32.2. The summed E-state index contributed by atoms with van der Waals surface area (Å²) in [5.74, 6) is 0.284. The van der Waals surface area contributed by atoms with Crippen LogP contribution in [0.3, 0.4) is 0 Å². The van der Waals surface area contributed by atoms with E-state index in [1.807, 2.05) is 25.1 Å². The Morgan fingerprint density at radius 1 is 0.963 bits per heavy atom. The molecule has 1 aliphatic rings. The van der Waals surface area contributed by atoms with Gasteiger partial charge in [0.15, 0.2) is 0 Å². The van der Waals surface area contributed by atoms with Crippen LogP contribution in [0.15, 0.2) is 70.7 Å². The van der Waals surface area contributed by atoms with Gasteiger partial charge in [0, 0.05) is 16.5 Å². The SMILES string of the molecule is CCOc1ccc(S(=O)(=O)N/N=C2\C(=O)c3cccc4cccc2c34)cc1. The first-order valence-corrected chi connectivity index (χ1v) is 9.89. The summed E-state index contributed by atoms with van der Waals surface area (Å²) >= 11 is 0. The number of carbonyl (C=O) groups excluding carboxylic acids is 1. The largest absolute Gasteiger partial charge is 0.494 e. The molecular weight excluding hydrogens is 364 g/mol. The van der Waals surface area contributed by atoms with E-state index in [-0.39, 0.29) is 16.4 Å². The van der Waals surface area contributed by atoms with Crippen LogP contribution in [0, 0.1) is 0 Å². The third-order valence-corrected chi connectivity index (χ3v) is 5.57. The Labute approximate surface area is 156 Å².